The van der Waals surface area contributed by atoms with Gasteiger partial charge in [-0.25, -0.2) is 4.98 Å². The Hall–Kier alpha value is -1.26. The molecule has 0 atom stereocenters. The first kappa shape index (κ1) is 12.2. The van der Waals surface area contributed by atoms with Gasteiger partial charge in [-0.1, -0.05) is 13.3 Å². The molecule has 17 heavy (non-hydrogen) atoms. The molecule has 2 N–H and O–H groups in total. The SMILES string of the molecule is CCCc1nc(-c2ccncc2C)sc1CN. The highest BCUT2D eigenvalue weighted by Crippen LogP contribution is 2.30. The zero-order chi connectivity index (χ0) is 12.3. The zero-order valence-electron chi connectivity index (χ0n) is 10.2. The summed E-state index contributed by atoms with van der Waals surface area (Å²) in [4.78, 5) is 10.0. The van der Waals surface area contributed by atoms with Crippen molar-refractivity contribution in [2.75, 3.05) is 0 Å². The lowest BCUT2D eigenvalue weighted by atomic mass is 10.2. The van der Waals surface area contributed by atoms with Gasteiger partial charge in [0.05, 0.1) is 5.69 Å². The number of nitrogens with two attached hydrogens (primary N) is 1. The molecule has 0 aliphatic carbocycles. The predicted molar refractivity (Wildman–Crippen MR) is 72.0 cm³/mol. The van der Waals surface area contributed by atoms with E-state index in [9.17, 15) is 0 Å². The van der Waals surface area contributed by atoms with E-state index in [1.165, 1.54) is 10.4 Å². The molecule has 0 spiro atoms. The van der Waals surface area contributed by atoms with E-state index in [1.807, 2.05) is 18.5 Å². The van der Waals surface area contributed by atoms with E-state index >= 15 is 0 Å². The minimum absolute atomic E-state index is 0.580. The van der Waals surface area contributed by atoms with Crippen LogP contribution in [0.15, 0.2) is 18.5 Å². The van der Waals surface area contributed by atoms with E-state index in [0.29, 0.717) is 6.54 Å². The van der Waals surface area contributed by atoms with Crippen molar-refractivity contribution < 1.29 is 0 Å². The lowest BCUT2D eigenvalue weighted by molar-refractivity contribution is 0.871. The summed E-state index contributed by atoms with van der Waals surface area (Å²) in [6.07, 6.45) is 5.79. The largest absolute Gasteiger partial charge is 0.326 e. The molecule has 4 heteroatoms. The summed E-state index contributed by atoms with van der Waals surface area (Å²) in [6, 6.07) is 2.02. The Balaban J connectivity index is 2.43. The monoisotopic (exact) mass is 247 g/mol. The topological polar surface area (TPSA) is 51.8 Å². The fraction of sp³-hybridized carbons (Fsp3) is 0.385. The Bertz CT molecular complexity index is 505. The van der Waals surface area contributed by atoms with Crippen molar-refractivity contribution in [3.63, 3.8) is 0 Å². The van der Waals surface area contributed by atoms with Crippen molar-refractivity contribution >= 4 is 11.3 Å². The maximum atomic E-state index is 5.77. The van der Waals surface area contributed by atoms with Crippen LogP contribution in [0.3, 0.4) is 0 Å². The lowest BCUT2D eigenvalue weighted by Crippen LogP contribution is -1.97. The van der Waals surface area contributed by atoms with E-state index < -0.39 is 0 Å². The average Bonchev–Trinajstić information content (AvgIpc) is 2.73. The molecule has 0 fully saturated rings. The van der Waals surface area contributed by atoms with Crippen LogP contribution >= 0.6 is 11.3 Å². The molecule has 0 saturated heterocycles. The van der Waals surface area contributed by atoms with Gasteiger partial charge in [-0.2, -0.15) is 0 Å². The first-order chi connectivity index (χ1) is 8.26. The summed E-state index contributed by atoms with van der Waals surface area (Å²) < 4.78 is 0. The van der Waals surface area contributed by atoms with Crippen molar-refractivity contribution in [2.24, 2.45) is 5.73 Å². The zero-order valence-corrected chi connectivity index (χ0v) is 11.0. The molecule has 0 unspecified atom stereocenters. The van der Waals surface area contributed by atoms with Gasteiger partial charge in [-0.3, -0.25) is 4.98 Å². The molecular weight excluding hydrogens is 230 g/mol. The van der Waals surface area contributed by atoms with Crippen LogP contribution in [0.2, 0.25) is 0 Å². The summed E-state index contributed by atoms with van der Waals surface area (Å²) in [5.74, 6) is 0. The molecule has 2 aromatic rings. The number of aromatic nitrogens is 2. The minimum atomic E-state index is 0.580. The second kappa shape index (κ2) is 5.38. The summed E-state index contributed by atoms with van der Waals surface area (Å²) in [7, 11) is 0. The van der Waals surface area contributed by atoms with Gasteiger partial charge in [0, 0.05) is 29.4 Å². The molecule has 2 aromatic heterocycles. The predicted octanol–water partition coefficient (Wildman–Crippen LogP) is 2.92. The van der Waals surface area contributed by atoms with E-state index in [2.05, 4.69) is 18.8 Å². The average molecular weight is 247 g/mol. The van der Waals surface area contributed by atoms with Crippen LogP contribution in [0.5, 0.6) is 0 Å². The van der Waals surface area contributed by atoms with Crippen molar-refractivity contribution in [2.45, 2.75) is 33.2 Å². The van der Waals surface area contributed by atoms with Gasteiger partial charge in [-0.05, 0) is 25.0 Å². The summed E-state index contributed by atoms with van der Waals surface area (Å²) in [5.41, 5.74) is 9.26. The van der Waals surface area contributed by atoms with Gasteiger partial charge in [0.1, 0.15) is 5.01 Å². The minimum Gasteiger partial charge on any atom is -0.326 e. The normalized spacial score (nSPS) is 10.8. The third-order valence-electron chi connectivity index (χ3n) is 2.70. The van der Waals surface area contributed by atoms with Crippen LogP contribution in [-0.4, -0.2) is 9.97 Å². The Morgan fingerprint density at radius 3 is 2.88 bits per heavy atom. The number of thiazole rings is 1. The molecule has 0 bridgehead atoms. The number of hydrogen-bond acceptors (Lipinski definition) is 4. The molecule has 0 saturated carbocycles. The van der Waals surface area contributed by atoms with E-state index in [1.54, 1.807) is 11.3 Å². The molecule has 3 nitrogen and oxygen atoms in total. The van der Waals surface area contributed by atoms with Gasteiger partial charge >= 0.3 is 0 Å². The molecule has 0 aliphatic heterocycles. The van der Waals surface area contributed by atoms with Crippen molar-refractivity contribution in [3.05, 3.63) is 34.6 Å². The quantitative estimate of drug-likeness (QED) is 0.903. The Kier molecular flexibility index (Phi) is 3.86. The van der Waals surface area contributed by atoms with Crippen molar-refractivity contribution in [3.8, 4) is 10.6 Å². The summed E-state index contributed by atoms with van der Waals surface area (Å²) in [6.45, 7) is 4.81. The third-order valence-corrected chi connectivity index (χ3v) is 3.85. The second-order valence-electron chi connectivity index (χ2n) is 4.03. The van der Waals surface area contributed by atoms with E-state index in [0.717, 1.165) is 29.1 Å². The second-order valence-corrected chi connectivity index (χ2v) is 5.12. The molecule has 90 valence electrons. The maximum absolute atomic E-state index is 5.77. The molecule has 0 aliphatic rings. The number of aryl methyl sites for hydroxylation is 2. The standard InChI is InChI=1S/C13H17N3S/c1-3-4-11-12(7-14)17-13(16-11)10-5-6-15-8-9(10)2/h5-6,8H,3-4,7,14H2,1-2H3. The van der Waals surface area contributed by atoms with Crippen molar-refractivity contribution in [1.29, 1.82) is 0 Å². The van der Waals surface area contributed by atoms with Crippen LogP contribution in [0.4, 0.5) is 0 Å². The Morgan fingerprint density at radius 1 is 1.41 bits per heavy atom. The van der Waals surface area contributed by atoms with Crippen LogP contribution in [-0.2, 0) is 13.0 Å². The van der Waals surface area contributed by atoms with E-state index in [-0.39, 0.29) is 0 Å². The lowest BCUT2D eigenvalue weighted by Gasteiger charge is -1.99. The molecule has 0 amide bonds. The number of pyridine rings is 1. The number of hydrogen-bond donors (Lipinski definition) is 1. The molecule has 0 aromatic carbocycles. The van der Waals surface area contributed by atoms with Crippen LogP contribution in [0.25, 0.3) is 10.6 Å². The number of nitrogens with zero attached hydrogens (tertiary/aromatic N) is 2. The molecule has 0 radical (unpaired) electrons. The number of rotatable bonds is 4. The highest BCUT2D eigenvalue weighted by Gasteiger charge is 2.12. The van der Waals surface area contributed by atoms with Gasteiger partial charge in [0.25, 0.3) is 0 Å². The summed E-state index contributed by atoms with van der Waals surface area (Å²) >= 11 is 1.70. The fourth-order valence-electron chi connectivity index (χ4n) is 1.80. The molecule has 2 heterocycles. The highest BCUT2D eigenvalue weighted by molar-refractivity contribution is 7.15. The van der Waals surface area contributed by atoms with Gasteiger partial charge in [0.2, 0.25) is 0 Å². The van der Waals surface area contributed by atoms with Gasteiger partial charge in [0.15, 0.2) is 0 Å². The first-order valence-electron chi connectivity index (χ1n) is 5.86. The Labute approximate surface area is 106 Å². The smallest absolute Gasteiger partial charge is 0.124 e. The third kappa shape index (κ3) is 2.53. The van der Waals surface area contributed by atoms with Gasteiger partial charge in [-0.15, -0.1) is 11.3 Å². The van der Waals surface area contributed by atoms with Crippen molar-refractivity contribution in [1.82, 2.24) is 9.97 Å². The maximum Gasteiger partial charge on any atom is 0.124 e. The first-order valence-corrected chi connectivity index (χ1v) is 6.67. The van der Waals surface area contributed by atoms with Crippen LogP contribution < -0.4 is 5.73 Å². The highest BCUT2D eigenvalue weighted by atomic mass is 32.1. The molecular formula is C13H17N3S. The Morgan fingerprint density at radius 2 is 2.24 bits per heavy atom. The van der Waals surface area contributed by atoms with Crippen LogP contribution in [0, 0.1) is 6.92 Å². The van der Waals surface area contributed by atoms with Gasteiger partial charge < -0.3 is 5.73 Å². The fourth-order valence-corrected chi connectivity index (χ4v) is 2.88. The summed E-state index contributed by atoms with van der Waals surface area (Å²) in [5, 5.41) is 1.06. The molecule has 2 rings (SSSR count). The van der Waals surface area contributed by atoms with E-state index in [4.69, 9.17) is 10.7 Å². The van der Waals surface area contributed by atoms with Crippen LogP contribution in [0.1, 0.15) is 29.5 Å².